The second-order valence-electron chi connectivity index (χ2n) is 5.28. The third-order valence-corrected chi connectivity index (χ3v) is 3.48. The lowest BCUT2D eigenvalue weighted by atomic mass is 10.0. The molecular weight excluding hydrogens is 242 g/mol. The van der Waals surface area contributed by atoms with Gasteiger partial charge in [-0.25, -0.2) is 4.79 Å². The van der Waals surface area contributed by atoms with Crippen molar-refractivity contribution in [2.24, 2.45) is 5.92 Å². The van der Waals surface area contributed by atoms with Gasteiger partial charge in [-0.1, -0.05) is 12.1 Å². The average molecular weight is 263 g/mol. The third kappa shape index (κ3) is 4.33. The summed E-state index contributed by atoms with van der Waals surface area (Å²) in [4.78, 5) is 13.0. The summed E-state index contributed by atoms with van der Waals surface area (Å²) in [6.45, 7) is 3.64. The number of carbonyl (C=O) groups is 1. The summed E-state index contributed by atoms with van der Waals surface area (Å²) >= 11 is 0. The topological polar surface area (TPSA) is 49.8 Å². The van der Waals surface area contributed by atoms with Crippen molar-refractivity contribution in [3.05, 3.63) is 35.4 Å². The van der Waals surface area contributed by atoms with E-state index in [1.54, 1.807) is 12.1 Å². The fourth-order valence-corrected chi connectivity index (χ4v) is 2.52. The van der Waals surface area contributed by atoms with Crippen LogP contribution in [0.4, 0.5) is 0 Å². The van der Waals surface area contributed by atoms with Gasteiger partial charge in [-0.05, 0) is 43.5 Å². The lowest BCUT2D eigenvalue weighted by Gasteiger charge is -2.27. The van der Waals surface area contributed by atoms with Crippen LogP contribution in [0.2, 0.25) is 0 Å². The van der Waals surface area contributed by atoms with Crippen molar-refractivity contribution in [3.63, 3.8) is 0 Å². The minimum Gasteiger partial charge on any atom is -0.478 e. The van der Waals surface area contributed by atoms with Crippen LogP contribution in [0.15, 0.2) is 24.3 Å². The largest absolute Gasteiger partial charge is 0.478 e. The van der Waals surface area contributed by atoms with Crippen LogP contribution in [0, 0.1) is 5.92 Å². The quantitative estimate of drug-likeness (QED) is 0.885. The highest BCUT2D eigenvalue weighted by Crippen LogP contribution is 2.15. The first-order chi connectivity index (χ1) is 9.15. The maximum absolute atomic E-state index is 10.8. The molecule has 1 aromatic carbocycles. The van der Waals surface area contributed by atoms with E-state index in [9.17, 15) is 4.79 Å². The lowest BCUT2D eigenvalue weighted by molar-refractivity contribution is 0.0411. The Bertz CT molecular complexity index is 410. The Labute approximate surface area is 114 Å². The van der Waals surface area contributed by atoms with E-state index in [2.05, 4.69) is 11.9 Å². The molecule has 1 fully saturated rings. The van der Waals surface area contributed by atoms with E-state index in [0.29, 0.717) is 11.5 Å². The van der Waals surface area contributed by atoms with E-state index in [1.165, 1.54) is 6.42 Å². The highest BCUT2D eigenvalue weighted by Gasteiger charge is 2.15. The second-order valence-corrected chi connectivity index (χ2v) is 5.28. The molecule has 0 saturated carbocycles. The van der Waals surface area contributed by atoms with Gasteiger partial charge in [0, 0.05) is 19.7 Å². The molecule has 1 heterocycles. The van der Waals surface area contributed by atoms with Crippen LogP contribution >= 0.6 is 0 Å². The van der Waals surface area contributed by atoms with Crippen LogP contribution in [0.1, 0.15) is 28.8 Å². The van der Waals surface area contributed by atoms with Gasteiger partial charge in [0.05, 0.1) is 12.2 Å². The maximum atomic E-state index is 10.8. The predicted octanol–water partition coefficient (Wildman–Crippen LogP) is 2.24. The lowest BCUT2D eigenvalue weighted by Crippen LogP contribution is -2.30. The minimum absolute atomic E-state index is 0.340. The first-order valence-corrected chi connectivity index (χ1v) is 6.73. The molecule has 0 radical (unpaired) electrons. The summed E-state index contributed by atoms with van der Waals surface area (Å²) in [5.74, 6) is -0.253. The first kappa shape index (κ1) is 14.0. The standard InChI is InChI=1S/C15H21NO3/c1-16(10-13-3-2-8-19-11-13)9-12-4-6-14(7-5-12)15(17)18/h4-7,13H,2-3,8-11H2,1H3,(H,17,18). The molecule has 1 N–H and O–H groups in total. The highest BCUT2D eigenvalue weighted by molar-refractivity contribution is 5.87. The van der Waals surface area contributed by atoms with Gasteiger partial charge < -0.3 is 14.7 Å². The monoisotopic (exact) mass is 263 g/mol. The molecule has 0 bridgehead atoms. The summed E-state index contributed by atoms with van der Waals surface area (Å²) in [6.07, 6.45) is 2.40. The van der Waals surface area contributed by atoms with Crippen molar-refractivity contribution in [1.29, 1.82) is 0 Å². The molecule has 4 nitrogen and oxygen atoms in total. The molecule has 1 unspecified atom stereocenters. The molecule has 1 aliphatic rings. The fraction of sp³-hybridized carbons (Fsp3) is 0.533. The van der Waals surface area contributed by atoms with E-state index in [4.69, 9.17) is 9.84 Å². The van der Waals surface area contributed by atoms with Gasteiger partial charge in [0.15, 0.2) is 0 Å². The molecule has 2 rings (SSSR count). The number of ether oxygens (including phenoxy) is 1. The van der Waals surface area contributed by atoms with E-state index >= 15 is 0 Å². The number of benzene rings is 1. The van der Waals surface area contributed by atoms with Crippen molar-refractivity contribution < 1.29 is 14.6 Å². The summed E-state index contributed by atoms with van der Waals surface area (Å²) in [5, 5.41) is 8.85. The van der Waals surface area contributed by atoms with Crippen molar-refractivity contribution in [2.45, 2.75) is 19.4 Å². The summed E-state index contributed by atoms with van der Waals surface area (Å²) in [5.41, 5.74) is 1.48. The number of hydrogen-bond acceptors (Lipinski definition) is 3. The molecule has 104 valence electrons. The number of carboxylic acid groups (broad SMARTS) is 1. The van der Waals surface area contributed by atoms with Crippen molar-refractivity contribution in [3.8, 4) is 0 Å². The van der Waals surface area contributed by atoms with E-state index in [-0.39, 0.29) is 0 Å². The Balaban J connectivity index is 1.83. The van der Waals surface area contributed by atoms with E-state index in [0.717, 1.165) is 38.3 Å². The number of nitrogens with zero attached hydrogens (tertiary/aromatic N) is 1. The van der Waals surface area contributed by atoms with Crippen LogP contribution in [-0.4, -0.2) is 42.8 Å². The van der Waals surface area contributed by atoms with Crippen molar-refractivity contribution in [1.82, 2.24) is 4.90 Å². The van der Waals surface area contributed by atoms with Crippen LogP contribution in [-0.2, 0) is 11.3 Å². The maximum Gasteiger partial charge on any atom is 0.335 e. The number of rotatable bonds is 5. The van der Waals surface area contributed by atoms with Gasteiger partial charge >= 0.3 is 5.97 Å². The number of carboxylic acids is 1. The fourth-order valence-electron chi connectivity index (χ4n) is 2.52. The molecule has 4 heteroatoms. The van der Waals surface area contributed by atoms with Crippen molar-refractivity contribution in [2.75, 3.05) is 26.8 Å². The summed E-state index contributed by atoms with van der Waals surface area (Å²) in [7, 11) is 2.10. The summed E-state index contributed by atoms with van der Waals surface area (Å²) in [6, 6.07) is 7.10. The highest BCUT2D eigenvalue weighted by atomic mass is 16.5. The number of aromatic carboxylic acids is 1. The Hall–Kier alpha value is -1.39. The second kappa shape index (κ2) is 6.68. The minimum atomic E-state index is -0.876. The zero-order valence-electron chi connectivity index (χ0n) is 11.3. The normalized spacial score (nSPS) is 19.6. The van der Waals surface area contributed by atoms with Gasteiger partial charge in [-0.3, -0.25) is 0 Å². The molecule has 0 spiro atoms. The molecule has 0 amide bonds. The molecule has 1 saturated heterocycles. The van der Waals surface area contributed by atoms with Gasteiger partial charge in [0.1, 0.15) is 0 Å². The Morgan fingerprint density at radius 3 is 2.74 bits per heavy atom. The van der Waals surface area contributed by atoms with E-state index < -0.39 is 5.97 Å². The van der Waals surface area contributed by atoms with Crippen LogP contribution in [0.5, 0.6) is 0 Å². The van der Waals surface area contributed by atoms with Gasteiger partial charge in [-0.2, -0.15) is 0 Å². The average Bonchev–Trinajstić information content (AvgIpc) is 2.40. The zero-order valence-corrected chi connectivity index (χ0v) is 11.3. The van der Waals surface area contributed by atoms with Crippen LogP contribution in [0.25, 0.3) is 0 Å². The Morgan fingerprint density at radius 2 is 2.16 bits per heavy atom. The SMILES string of the molecule is CN(Cc1ccc(C(=O)O)cc1)CC1CCCOC1. The molecular formula is C15H21NO3. The Morgan fingerprint density at radius 1 is 1.42 bits per heavy atom. The molecule has 0 aliphatic carbocycles. The first-order valence-electron chi connectivity index (χ1n) is 6.73. The Kier molecular flexibility index (Phi) is 4.93. The van der Waals surface area contributed by atoms with Crippen LogP contribution < -0.4 is 0 Å². The van der Waals surface area contributed by atoms with Gasteiger partial charge in [0.25, 0.3) is 0 Å². The van der Waals surface area contributed by atoms with E-state index in [1.807, 2.05) is 12.1 Å². The third-order valence-electron chi connectivity index (χ3n) is 3.48. The van der Waals surface area contributed by atoms with Crippen LogP contribution in [0.3, 0.4) is 0 Å². The van der Waals surface area contributed by atoms with Gasteiger partial charge in [-0.15, -0.1) is 0 Å². The van der Waals surface area contributed by atoms with Gasteiger partial charge in [0.2, 0.25) is 0 Å². The van der Waals surface area contributed by atoms with Crippen molar-refractivity contribution >= 4 is 5.97 Å². The molecule has 19 heavy (non-hydrogen) atoms. The number of hydrogen-bond donors (Lipinski definition) is 1. The summed E-state index contributed by atoms with van der Waals surface area (Å²) < 4.78 is 5.48. The molecule has 1 aromatic rings. The molecule has 0 aromatic heterocycles. The smallest absolute Gasteiger partial charge is 0.335 e. The molecule has 1 aliphatic heterocycles. The zero-order chi connectivity index (χ0) is 13.7. The molecule has 1 atom stereocenters. The predicted molar refractivity (Wildman–Crippen MR) is 73.3 cm³/mol.